The van der Waals surface area contributed by atoms with E-state index in [1.807, 2.05) is 6.92 Å². The smallest absolute Gasteiger partial charge is 0.328 e. The molecule has 0 aromatic heterocycles. The third-order valence-corrected chi connectivity index (χ3v) is 3.51. The molecule has 1 fully saturated rings. The van der Waals surface area contributed by atoms with Gasteiger partial charge in [0.25, 0.3) is 5.91 Å². The summed E-state index contributed by atoms with van der Waals surface area (Å²) in [5, 5.41) is 11.5. The first-order valence-corrected chi connectivity index (χ1v) is 6.94. The molecule has 1 unspecified atom stereocenters. The zero-order valence-electron chi connectivity index (χ0n) is 12.0. The number of rotatable bonds is 5. The Balaban J connectivity index is 1.98. The highest BCUT2D eigenvalue weighted by molar-refractivity contribution is 5.95. The molecule has 1 aromatic rings. The van der Waals surface area contributed by atoms with Crippen molar-refractivity contribution >= 4 is 18.0 Å². The topological polar surface area (TPSA) is 75.6 Å². The summed E-state index contributed by atoms with van der Waals surface area (Å²) in [4.78, 5) is 22.6. The van der Waals surface area contributed by atoms with Crippen LogP contribution in [0.15, 0.2) is 24.3 Å². The molecule has 1 aliphatic rings. The maximum atomic E-state index is 12.1. The van der Waals surface area contributed by atoms with Crippen LogP contribution in [0.5, 0.6) is 0 Å². The fraction of sp³-hybridized carbons (Fsp3) is 0.375. The van der Waals surface area contributed by atoms with Crippen molar-refractivity contribution in [3.8, 4) is 0 Å². The van der Waals surface area contributed by atoms with Crippen LogP contribution >= 0.6 is 0 Å². The highest BCUT2D eigenvalue weighted by atomic mass is 16.5. The van der Waals surface area contributed by atoms with Crippen LogP contribution in [0.1, 0.15) is 27.9 Å². The Morgan fingerprint density at radius 2 is 2.29 bits per heavy atom. The molecule has 1 amide bonds. The predicted molar refractivity (Wildman–Crippen MR) is 79.1 cm³/mol. The molecular formula is C16H19NO4. The molecular weight excluding hydrogens is 270 g/mol. The highest BCUT2D eigenvalue weighted by Gasteiger charge is 2.16. The zero-order chi connectivity index (χ0) is 15.2. The van der Waals surface area contributed by atoms with Gasteiger partial charge in [-0.1, -0.05) is 6.07 Å². The van der Waals surface area contributed by atoms with Crippen molar-refractivity contribution in [2.75, 3.05) is 19.8 Å². The number of benzene rings is 1. The molecule has 0 radical (unpaired) electrons. The third-order valence-electron chi connectivity index (χ3n) is 3.51. The summed E-state index contributed by atoms with van der Waals surface area (Å²) in [7, 11) is 0. The maximum Gasteiger partial charge on any atom is 0.328 e. The number of hydrogen-bond acceptors (Lipinski definition) is 3. The van der Waals surface area contributed by atoms with E-state index in [9.17, 15) is 9.59 Å². The average Bonchev–Trinajstić information content (AvgIpc) is 2.96. The first-order chi connectivity index (χ1) is 10.1. The standard InChI is InChI=1S/C16H19NO4/c1-11-8-14(3-2-13(11)4-5-15(18)19)16(20)17-9-12-6-7-21-10-12/h2-5,8,12H,6-7,9-10H2,1H3,(H,17,20)(H,18,19)/b5-4+. The first-order valence-electron chi connectivity index (χ1n) is 6.94. The van der Waals surface area contributed by atoms with Gasteiger partial charge in [-0.3, -0.25) is 4.79 Å². The molecule has 1 aromatic carbocycles. The van der Waals surface area contributed by atoms with E-state index in [4.69, 9.17) is 9.84 Å². The van der Waals surface area contributed by atoms with E-state index < -0.39 is 5.97 Å². The highest BCUT2D eigenvalue weighted by Crippen LogP contribution is 2.14. The Hall–Kier alpha value is -2.14. The number of carbonyl (C=O) groups excluding carboxylic acids is 1. The zero-order valence-corrected chi connectivity index (χ0v) is 12.0. The first kappa shape index (κ1) is 15.3. The van der Waals surface area contributed by atoms with Crippen molar-refractivity contribution in [3.05, 3.63) is 41.0 Å². The van der Waals surface area contributed by atoms with E-state index in [0.717, 1.165) is 30.2 Å². The predicted octanol–water partition coefficient (Wildman–Crippen LogP) is 1.86. The number of aliphatic carboxylic acids is 1. The molecule has 1 aliphatic heterocycles. The lowest BCUT2D eigenvalue weighted by molar-refractivity contribution is -0.131. The molecule has 1 atom stereocenters. The van der Waals surface area contributed by atoms with Crippen molar-refractivity contribution in [1.29, 1.82) is 0 Å². The van der Waals surface area contributed by atoms with Crippen LogP contribution in [0.3, 0.4) is 0 Å². The number of nitrogens with one attached hydrogen (secondary N) is 1. The lowest BCUT2D eigenvalue weighted by Gasteiger charge is -2.10. The van der Waals surface area contributed by atoms with Crippen molar-refractivity contribution < 1.29 is 19.4 Å². The summed E-state index contributed by atoms with van der Waals surface area (Å²) in [6.45, 7) is 3.95. The molecule has 5 heteroatoms. The third kappa shape index (κ3) is 4.43. The van der Waals surface area contributed by atoms with Crippen LogP contribution in [-0.2, 0) is 9.53 Å². The molecule has 2 N–H and O–H groups in total. The molecule has 1 saturated heterocycles. The van der Waals surface area contributed by atoms with Crippen molar-refractivity contribution in [1.82, 2.24) is 5.32 Å². The molecule has 112 valence electrons. The SMILES string of the molecule is Cc1cc(C(=O)NCC2CCOC2)ccc1/C=C/C(=O)O. The lowest BCUT2D eigenvalue weighted by atomic mass is 10.0. The summed E-state index contributed by atoms with van der Waals surface area (Å²) in [6.07, 6.45) is 3.59. The van der Waals surface area contributed by atoms with Crippen molar-refractivity contribution in [2.45, 2.75) is 13.3 Å². The molecule has 21 heavy (non-hydrogen) atoms. The fourth-order valence-electron chi connectivity index (χ4n) is 2.25. The normalized spacial score (nSPS) is 18.0. The second kappa shape index (κ2) is 7.04. The van der Waals surface area contributed by atoms with Gasteiger partial charge in [0.2, 0.25) is 0 Å². The monoisotopic (exact) mass is 289 g/mol. The van der Waals surface area contributed by atoms with Crippen LogP contribution in [0.4, 0.5) is 0 Å². The number of amides is 1. The van der Waals surface area contributed by atoms with Gasteiger partial charge in [0.05, 0.1) is 6.61 Å². The number of carbonyl (C=O) groups is 2. The van der Waals surface area contributed by atoms with Crippen molar-refractivity contribution in [2.24, 2.45) is 5.92 Å². The van der Waals surface area contributed by atoms with Crippen LogP contribution in [0.2, 0.25) is 0 Å². The average molecular weight is 289 g/mol. The Kier molecular flexibility index (Phi) is 5.11. The molecule has 5 nitrogen and oxygen atoms in total. The summed E-state index contributed by atoms with van der Waals surface area (Å²) < 4.78 is 5.27. The molecule has 0 spiro atoms. The van der Waals surface area contributed by atoms with Gasteiger partial charge in [-0.15, -0.1) is 0 Å². The van der Waals surface area contributed by atoms with Gasteiger partial charge < -0.3 is 15.2 Å². The number of ether oxygens (including phenoxy) is 1. The van der Waals surface area contributed by atoms with E-state index >= 15 is 0 Å². The largest absolute Gasteiger partial charge is 0.478 e. The summed E-state index contributed by atoms with van der Waals surface area (Å²) in [5.74, 6) is -0.707. The van der Waals surface area contributed by atoms with Gasteiger partial charge in [0.1, 0.15) is 0 Å². The lowest BCUT2D eigenvalue weighted by Crippen LogP contribution is -2.29. The summed E-state index contributed by atoms with van der Waals surface area (Å²) in [6, 6.07) is 5.22. The Bertz CT molecular complexity index is 559. The Morgan fingerprint density at radius 1 is 1.48 bits per heavy atom. The fourth-order valence-corrected chi connectivity index (χ4v) is 2.25. The van der Waals surface area contributed by atoms with Crippen LogP contribution in [0, 0.1) is 12.8 Å². The molecule has 0 saturated carbocycles. The minimum absolute atomic E-state index is 0.112. The van der Waals surface area contributed by atoms with E-state index in [-0.39, 0.29) is 5.91 Å². The number of carboxylic acids is 1. The summed E-state index contributed by atoms with van der Waals surface area (Å²) >= 11 is 0. The molecule has 1 heterocycles. The van der Waals surface area contributed by atoms with Gasteiger partial charge in [-0.25, -0.2) is 4.79 Å². The second-order valence-corrected chi connectivity index (χ2v) is 5.18. The van der Waals surface area contributed by atoms with E-state index in [1.54, 1.807) is 18.2 Å². The number of aryl methyl sites for hydroxylation is 1. The van der Waals surface area contributed by atoms with Crippen molar-refractivity contribution in [3.63, 3.8) is 0 Å². The van der Waals surface area contributed by atoms with Gasteiger partial charge in [0, 0.05) is 30.7 Å². The molecule has 2 rings (SSSR count). The number of hydrogen-bond donors (Lipinski definition) is 2. The minimum Gasteiger partial charge on any atom is -0.478 e. The van der Waals surface area contributed by atoms with Crippen LogP contribution in [-0.4, -0.2) is 36.7 Å². The van der Waals surface area contributed by atoms with E-state index in [2.05, 4.69) is 5.32 Å². The van der Waals surface area contributed by atoms with Gasteiger partial charge in [-0.2, -0.15) is 0 Å². The Morgan fingerprint density at radius 3 is 2.90 bits per heavy atom. The molecule has 0 bridgehead atoms. The summed E-state index contributed by atoms with van der Waals surface area (Å²) in [5.41, 5.74) is 2.24. The second-order valence-electron chi connectivity index (χ2n) is 5.18. The van der Waals surface area contributed by atoms with Crippen LogP contribution < -0.4 is 5.32 Å². The minimum atomic E-state index is -0.991. The maximum absolute atomic E-state index is 12.1. The Labute approximate surface area is 123 Å². The van der Waals surface area contributed by atoms with Crippen LogP contribution in [0.25, 0.3) is 6.08 Å². The van der Waals surface area contributed by atoms with Gasteiger partial charge in [0.15, 0.2) is 0 Å². The van der Waals surface area contributed by atoms with E-state index in [0.29, 0.717) is 24.6 Å². The van der Waals surface area contributed by atoms with Gasteiger partial charge in [-0.05, 0) is 42.7 Å². The van der Waals surface area contributed by atoms with Gasteiger partial charge >= 0.3 is 5.97 Å². The van der Waals surface area contributed by atoms with E-state index in [1.165, 1.54) is 6.08 Å². The number of carboxylic acid groups (broad SMARTS) is 1. The molecule has 0 aliphatic carbocycles. The quantitative estimate of drug-likeness (QED) is 0.811.